The number of benzene rings is 2. The number of hydrogen-bond acceptors (Lipinski definition) is 4. The Labute approximate surface area is 152 Å². The second kappa shape index (κ2) is 7.35. The van der Waals surface area contributed by atoms with Crippen molar-refractivity contribution in [1.82, 2.24) is 19.5 Å². The first kappa shape index (κ1) is 16.3. The Kier molecular flexibility index (Phi) is 4.60. The summed E-state index contributed by atoms with van der Waals surface area (Å²) < 4.78 is 1.96. The summed E-state index contributed by atoms with van der Waals surface area (Å²) in [7, 11) is 0. The Balaban J connectivity index is 1.65. The van der Waals surface area contributed by atoms with E-state index in [4.69, 9.17) is 4.98 Å². The van der Waals surface area contributed by atoms with Crippen LogP contribution in [0.1, 0.15) is 31.4 Å². The predicted molar refractivity (Wildman–Crippen MR) is 104 cm³/mol. The van der Waals surface area contributed by atoms with Gasteiger partial charge in [0.15, 0.2) is 5.82 Å². The van der Waals surface area contributed by atoms with Gasteiger partial charge in [0.05, 0.1) is 29.5 Å². The first-order valence-corrected chi connectivity index (χ1v) is 8.91. The Bertz CT molecular complexity index is 993. The van der Waals surface area contributed by atoms with E-state index in [9.17, 15) is 0 Å². The molecule has 4 rings (SSSR count). The first-order chi connectivity index (χ1) is 12.8. The average molecular weight is 343 g/mol. The minimum Gasteiger partial charge on any atom is -0.362 e. The fraction of sp³-hybridized carbons (Fsp3) is 0.190. The molecule has 26 heavy (non-hydrogen) atoms. The number of rotatable bonds is 6. The number of hydrogen-bond donors (Lipinski definition) is 1. The van der Waals surface area contributed by atoms with Crippen LogP contribution in [0.25, 0.3) is 16.9 Å². The molecular weight excluding hydrogens is 322 g/mol. The number of anilines is 1. The minimum absolute atomic E-state index is 0.213. The van der Waals surface area contributed by atoms with Gasteiger partial charge >= 0.3 is 0 Å². The van der Waals surface area contributed by atoms with Gasteiger partial charge in [0.2, 0.25) is 0 Å². The van der Waals surface area contributed by atoms with Crippen LogP contribution in [0.4, 0.5) is 5.82 Å². The van der Waals surface area contributed by atoms with Crippen LogP contribution < -0.4 is 5.32 Å². The maximum absolute atomic E-state index is 4.76. The fourth-order valence-electron chi connectivity index (χ4n) is 3.16. The van der Waals surface area contributed by atoms with Crippen LogP contribution in [0.5, 0.6) is 0 Å². The van der Waals surface area contributed by atoms with E-state index in [2.05, 4.69) is 46.5 Å². The van der Waals surface area contributed by atoms with Crippen LogP contribution in [-0.2, 0) is 0 Å². The lowest BCUT2D eigenvalue weighted by atomic mass is 10.0. The number of nitrogens with zero attached hydrogens (tertiary/aromatic N) is 4. The summed E-state index contributed by atoms with van der Waals surface area (Å²) in [5, 5.41) is 3.54. The highest BCUT2D eigenvalue weighted by atomic mass is 15.2. The monoisotopic (exact) mass is 343 g/mol. The van der Waals surface area contributed by atoms with E-state index >= 15 is 0 Å². The SMILES string of the molecule is CCCC(Nc1cncc(-n2cnc3ccccc32)n1)c1ccccc1. The smallest absolute Gasteiger partial charge is 0.159 e. The van der Waals surface area contributed by atoms with Crippen LogP contribution >= 0.6 is 0 Å². The number of aromatic nitrogens is 4. The van der Waals surface area contributed by atoms with Crippen LogP contribution in [0.15, 0.2) is 73.3 Å². The van der Waals surface area contributed by atoms with Crippen molar-refractivity contribution in [1.29, 1.82) is 0 Å². The number of fused-ring (bicyclic) bond motifs is 1. The van der Waals surface area contributed by atoms with Crippen molar-refractivity contribution in [2.45, 2.75) is 25.8 Å². The first-order valence-electron chi connectivity index (χ1n) is 8.91. The molecule has 130 valence electrons. The molecule has 0 aliphatic rings. The molecule has 1 unspecified atom stereocenters. The highest BCUT2D eigenvalue weighted by molar-refractivity contribution is 5.76. The van der Waals surface area contributed by atoms with Crippen molar-refractivity contribution < 1.29 is 0 Å². The summed E-state index contributed by atoms with van der Waals surface area (Å²) in [5.41, 5.74) is 3.22. The zero-order chi connectivity index (χ0) is 17.8. The lowest BCUT2D eigenvalue weighted by Gasteiger charge is -2.19. The normalized spacial score (nSPS) is 12.2. The Morgan fingerprint density at radius 1 is 1.00 bits per heavy atom. The third-order valence-electron chi connectivity index (χ3n) is 4.42. The maximum atomic E-state index is 4.76. The molecule has 0 aliphatic carbocycles. The molecule has 0 spiro atoms. The molecule has 2 heterocycles. The predicted octanol–water partition coefficient (Wildman–Crippen LogP) is 4.77. The molecule has 1 atom stereocenters. The van der Waals surface area contributed by atoms with E-state index in [0.29, 0.717) is 0 Å². The van der Waals surface area contributed by atoms with Crippen molar-refractivity contribution in [3.8, 4) is 5.82 Å². The van der Waals surface area contributed by atoms with Crippen LogP contribution in [0.2, 0.25) is 0 Å². The van der Waals surface area contributed by atoms with Crippen LogP contribution in [-0.4, -0.2) is 19.5 Å². The third-order valence-corrected chi connectivity index (χ3v) is 4.42. The van der Waals surface area contributed by atoms with Crippen molar-refractivity contribution >= 4 is 16.9 Å². The molecule has 0 bridgehead atoms. The molecule has 5 nitrogen and oxygen atoms in total. The van der Waals surface area contributed by atoms with Crippen molar-refractivity contribution in [2.24, 2.45) is 0 Å². The summed E-state index contributed by atoms with van der Waals surface area (Å²) in [6, 6.07) is 18.7. The lowest BCUT2D eigenvalue weighted by Crippen LogP contribution is -2.12. The van der Waals surface area contributed by atoms with Gasteiger partial charge < -0.3 is 5.32 Å². The molecule has 1 N–H and O–H groups in total. The molecule has 5 heteroatoms. The standard InChI is InChI=1S/C21H21N5/c1-2-8-17(16-9-4-3-5-10-16)24-20-13-22-14-21(25-20)26-15-23-18-11-6-7-12-19(18)26/h3-7,9-15,17H,2,8H2,1H3,(H,24,25). The number of nitrogens with one attached hydrogen (secondary N) is 1. The van der Waals surface area contributed by atoms with Gasteiger partial charge in [-0.3, -0.25) is 9.55 Å². The van der Waals surface area contributed by atoms with Crippen LogP contribution in [0, 0.1) is 0 Å². The molecule has 0 aliphatic heterocycles. The van der Waals surface area contributed by atoms with E-state index in [-0.39, 0.29) is 6.04 Å². The topological polar surface area (TPSA) is 55.6 Å². The number of imidazole rings is 1. The molecule has 4 aromatic rings. The zero-order valence-electron chi connectivity index (χ0n) is 14.7. The van der Waals surface area contributed by atoms with Crippen molar-refractivity contribution in [3.05, 3.63) is 78.9 Å². The highest BCUT2D eigenvalue weighted by Gasteiger charge is 2.12. The van der Waals surface area contributed by atoms with Crippen LogP contribution in [0.3, 0.4) is 0 Å². The van der Waals surface area contributed by atoms with Crippen molar-refractivity contribution in [2.75, 3.05) is 5.32 Å². The Morgan fingerprint density at radius 2 is 1.81 bits per heavy atom. The molecule has 2 aromatic heterocycles. The van der Waals surface area contributed by atoms with Gasteiger partial charge in [-0.2, -0.15) is 0 Å². The molecular formula is C21H21N5. The summed E-state index contributed by atoms with van der Waals surface area (Å²) in [6.45, 7) is 2.19. The van der Waals surface area contributed by atoms with Gasteiger partial charge in [0.1, 0.15) is 12.1 Å². The van der Waals surface area contributed by atoms with Gasteiger partial charge in [-0.05, 0) is 24.1 Å². The average Bonchev–Trinajstić information content (AvgIpc) is 3.13. The van der Waals surface area contributed by atoms with Gasteiger partial charge in [-0.15, -0.1) is 0 Å². The summed E-state index contributed by atoms with van der Waals surface area (Å²) in [6.07, 6.45) is 7.44. The van der Waals surface area contributed by atoms with Gasteiger partial charge in [0.25, 0.3) is 0 Å². The third kappa shape index (κ3) is 3.28. The van der Waals surface area contributed by atoms with E-state index < -0.39 is 0 Å². The van der Waals surface area contributed by atoms with E-state index in [0.717, 1.165) is 35.5 Å². The number of para-hydroxylation sites is 2. The lowest BCUT2D eigenvalue weighted by molar-refractivity contribution is 0.673. The second-order valence-corrected chi connectivity index (χ2v) is 6.26. The fourth-order valence-corrected chi connectivity index (χ4v) is 3.16. The highest BCUT2D eigenvalue weighted by Crippen LogP contribution is 2.23. The van der Waals surface area contributed by atoms with Crippen molar-refractivity contribution in [3.63, 3.8) is 0 Å². The van der Waals surface area contributed by atoms with Gasteiger partial charge in [-0.1, -0.05) is 55.8 Å². The van der Waals surface area contributed by atoms with Gasteiger partial charge in [0, 0.05) is 0 Å². The summed E-state index contributed by atoms with van der Waals surface area (Å²) in [4.78, 5) is 13.6. The molecule has 0 amide bonds. The zero-order valence-corrected chi connectivity index (χ0v) is 14.7. The maximum Gasteiger partial charge on any atom is 0.159 e. The Morgan fingerprint density at radius 3 is 2.65 bits per heavy atom. The molecule has 0 fully saturated rings. The van der Waals surface area contributed by atoms with E-state index in [1.807, 2.05) is 34.9 Å². The van der Waals surface area contributed by atoms with E-state index in [1.54, 1.807) is 18.7 Å². The summed E-state index contributed by atoms with van der Waals surface area (Å²) >= 11 is 0. The summed E-state index contributed by atoms with van der Waals surface area (Å²) in [5.74, 6) is 1.52. The molecule has 0 saturated carbocycles. The largest absolute Gasteiger partial charge is 0.362 e. The Hall–Kier alpha value is -3.21. The molecule has 2 aromatic carbocycles. The second-order valence-electron chi connectivity index (χ2n) is 6.26. The van der Waals surface area contributed by atoms with E-state index in [1.165, 1.54) is 5.56 Å². The minimum atomic E-state index is 0.213. The molecule has 0 saturated heterocycles. The quantitative estimate of drug-likeness (QED) is 0.548. The molecule has 0 radical (unpaired) electrons. The van der Waals surface area contributed by atoms with Gasteiger partial charge in [-0.25, -0.2) is 9.97 Å².